The first-order chi connectivity index (χ1) is 13.6. The lowest BCUT2D eigenvalue weighted by Crippen LogP contribution is -2.59. The molecule has 152 valence electrons. The summed E-state index contributed by atoms with van der Waals surface area (Å²) >= 11 is 0. The summed E-state index contributed by atoms with van der Waals surface area (Å²) in [7, 11) is -1.91. The Balaban J connectivity index is 1.48. The summed E-state index contributed by atoms with van der Waals surface area (Å²) in [5, 5.41) is 0. The highest BCUT2D eigenvalue weighted by Crippen LogP contribution is 2.46. The number of fused-ring (bicyclic) bond motifs is 6. The predicted octanol–water partition coefficient (Wildman–Crippen LogP) is 3.28. The monoisotopic (exact) mass is 402 g/mol. The zero-order valence-electron chi connectivity index (χ0n) is 16.6. The summed E-state index contributed by atoms with van der Waals surface area (Å²) in [5.74, 6) is 1.73. The molecule has 2 unspecified atom stereocenters. The first kappa shape index (κ1) is 18.6. The van der Waals surface area contributed by atoms with Crippen LogP contribution in [0.25, 0.3) is 0 Å². The number of ether oxygens (including phenoxy) is 1. The van der Waals surface area contributed by atoms with Gasteiger partial charge in [-0.15, -0.1) is 0 Å². The molecular weight excluding hydrogens is 372 g/mol. The van der Waals surface area contributed by atoms with Crippen LogP contribution in [0.3, 0.4) is 0 Å². The maximum Gasteiger partial charge on any atom is 0.243 e. The maximum atomic E-state index is 13.5. The highest BCUT2D eigenvalue weighted by atomic mass is 32.2. The van der Waals surface area contributed by atoms with E-state index in [9.17, 15) is 8.42 Å². The summed E-state index contributed by atoms with van der Waals surface area (Å²) in [4.78, 5) is 3.03. The van der Waals surface area contributed by atoms with E-state index in [1.807, 2.05) is 4.31 Å². The number of sulfonamides is 1. The van der Waals surface area contributed by atoms with Crippen LogP contribution in [0.5, 0.6) is 5.75 Å². The molecule has 1 aliphatic carbocycles. The molecular formula is C22H30N2O3S. The Bertz CT molecular complexity index is 864. The van der Waals surface area contributed by atoms with Gasteiger partial charge < -0.3 is 4.74 Å². The fourth-order valence-corrected chi connectivity index (χ4v) is 7.80. The Morgan fingerprint density at radius 3 is 2.68 bits per heavy atom. The Kier molecular flexibility index (Phi) is 4.76. The molecule has 0 saturated carbocycles. The summed E-state index contributed by atoms with van der Waals surface area (Å²) in [6, 6.07) is 7.57. The van der Waals surface area contributed by atoms with Gasteiger partial charge >= 0.3 is 0 Å². The molecule has 2 bridgehead atoms. The number of hydrogen-bond acceptors (Lipinski definition) is 4. The lowest BCUT2D eigenvalue weighted by Gasteiger charge is -2.54. The highest BCUT2D eigenvalue weighted by molar-refractivity contribution is 7.89. The SMILES string of the molecule is COc1ccc(S(=O)(=O)N2CCCC3=CC4CC(CN5CCCC[C@H]45)[C@@H]32)cc1. The quantitative estimate of drug-likeness (QED) is 0.728. The van der Waals surface area contributed by atoms with E-state index in [0.717, 1.165) is 25.8 Å². The van der Waals surface area contributed by atoms with Crippen molar-refractivity contribution in [2.75, 3.05) is 26.7 Å². The van der Waals surface area contributed by atoms with Crippen molar-refractivity contribution in [2.45, 2.75) is 55.5 Å². The molecule has 0 aromatic heterocycles. The third-order valence-electron chi connectivity index (χ3n) is 7.28. The molecule has 1 aromatic rings. The lowest BCUT2D eigenvalue weighted by molar-refractivity contribution is 0.0149. The molecule has 4 atom stereocenters. The summed E-state index contributed by atoms with van der Waals surface area (Å²) in [6.07, 6.45) is 9.52. The van der Waals surface area contributed by atoms with Crippen LogP contribution >= 0.6 is 0 Å². The van der Waals surface area contributed by atoms with E-state index >= 15 is 0 Å². The van der Waals surface area contributed by atoms with E-state index in [4.69, 9.17) is 4.74 Å². The van der Waals surface area contributed by atoms with Gasteiger partial charge in [-0.2, -0.15) is 4.31 Å². The van der Waals surface area contributed by atoms with E-state index in [0.29, 0.717) is 35.1 Å². The molecule has 0 amide bonds. The van der Waals surface area contributed by atoms with Crippen molar-refractivity contribution in [3.8, 4) is 5.75 Å². The lowest BCUT2D eigenvalue weighted by atomic mass is 9.68. The normalized spacial score (nSPS) is 33.5. The number of methoxy groups -OCH3 is 1. The van der Waals surface area contributed by atoms with Crippen molar-refractivity contribution in [3.63, 3.8) is 0 Å². The number of hydrogen-bond donors (Lipinski definition) is 0. The summed E-state index contributed by atoms with van der Waals surface area (Å²) in [6.45, 7) is 2.86. The minimum absolute atomic E-state index is 0.0416. The van der Waals surface area contributed by atoms with Crippen molar-refractivity contribution >= 4 is 10.0 Å². The van der Waals surface area contributed by atoms with Crippen molar-refractivity contribution in [1.29, 1.82) is 0 Å². The van der Waals surface area contributed by atoms with Crippen molar-refractivity contribution < 1.29 is 13.2 Å². The Morgan fingerprint density at radius 1 is 1.07 bits per heavy atom. The van der Waals surface area contributed by atoms with Gasteiger partial charge in [-0.25, -0.2) is 8.42 Å². The van der Waals surface area contributed by atoms with Gasteiger partial charge in [0.05, 0.1) is 18.0 Å². The zero-order chi connectivity index (χ0) is 19.3. The second kappa shape index (κ2) is 7.15. The second-order valence-corrected chi connectivity index (χ2v) is 10.7. The molecule has 0 spiro atoms. The van der Waals surface area contributed by atoms with Gasteiger partial charge in [0.25, 0.3) is 0 Å². The average Bonchev–Trinajstić information content (AvgIpc) is 2.73. The third kappa shape index (κ3) is 3.01. The van der Waals surface area contributed by atoms with Crippen LogP contribution in [0.15, 0.2) is 40.8 Å². The fraction of sp³-hybridized carbons (Fsp3) is 0.636. The van der Waals surface area contributed by atoms with Crippen molar-refractivity contribution in [1.82, 2.24) is 9.21 Å². The number of nitrogens with zero attached hydrogens (tertiary/aromatic N) is 2. The molecule has 3 aliphatic heterocycles. The highest BCUT2D eigenvalue weighted by Gasteiger charge is 2.48. The topological polar surface area (TPSA) is 49.9 Å². The minimum Gasteiger partial charge on any atom is -0.497 e. The minimum atomic E-state index is -3.50. The predicted molar refractivity (Wildman–Crippen MR) is 109 cm³/mol. The van der Waals surface area contributed by atoms with Crippen LogP contribution in [0.2, 0.25) is 0 Å². The molecule has 3 fully saturated rings. The Morgan fingerprint density at radius 2 is 1.89 bits per heavy atom. The maximum absolute atomic E-state index is 13.5. The van der Waals surface area contributed by atoms with Gasteiger partial charge in [0.2, 0.25) is 10.0 Å². The van der Waals surface area contributed by atoms with Crippen LogP contribution < -0.4 is 4.74 Å². The standard InChI is InChI=1S/C22H30N2O3S/c1-27-19-7-9-20(10-8-19)28(25,26)24-12-4-5-16-13-17-14-18(22(16)24)15-23-11-3-2-6-21(17)23/h7-10,13,17-18,21-22H,2-6,11-12,14-15H2,1H3/t17?,18?,21-,22-/m1/s1. The molecule has 3 heterocycles. The zero-order valence-corrected chi connectivity index (χ0v) is 17.4. The van der Waals surface area contributed by atoms with Crippen molar-refractivity contribution in [2.24, 2.45) is 11.8 Å². The van der Waals surface area contributed by atoms with Gasteiger partial charge in [0, 0.05) is 19.1 Å². The second-order valence-electron chi connectivity index (χ2n) is 8.80. The molecule has 5 nitrogen and oxygen atoms in total. The Hall–Kier alpha value is -1.37. The van der Waals surface area contributed by atoms with Crippen molar-refractivity contribution in [3.05, 3.63) is 35.9 Å². The smallest absolute Gasteiger partial charge is 0.243 e. The third-order valence-corrected chi connectivity index (χ3v) is 9.17. The van der Waals surface area contributed by atoms with Crippen LogP contribution in [0, 0.1) is 11.8 Å². The first-order valence-corrected chi connectivity index (χ1v) is 12.1. The largest absolute Gasteiger partial charge is 0.497 e. The fourth-order valence-electron chi connectivity index (χ4n) is 6.08. The van der Waals surface area contributed by atoms with Crippen LogP contribution in [-0.4, -0.2) is 56.5 Å². The van der Waals surface area contributed by atoms with Gasteiger partial charge in [0.1, 0.15) is 5.75 Å². The van der Waals surface area contributed by atoms with Crippen LogP contribution in [-0.2, 0) is 10.0 Å². The molecule has 0 N–H and O–H groups in total. The van der Waals surface area contributed by atoms with E-state index in [1.54, 1.807) is 31.4 Å². The van der Waals surface area contributed by atoms with E-state index in [2.05, 4.69) is 11.0 Å². The molecule has 0 radical (unpaired) electrons. The number of benzene rings is 1. The van der Waals surface area contributed by atoms with Gasteiger partial charge in [-0.1, -0.05) is 18.1 Å². The molecule has 5 rings (SSSR count). The molecule has 6 heteroatoms. The van der Waals surface area contributed by atoms with E-state index < -0.39 is 10.0 Å². The van der Waals surface area contributed by atoms with Gasteiger partial charge in [0.15, 0.2) is 0 Å². The molecule has 3 saturated heterocycles. The number of rotatable bonds is 3. The Labute approximate surface area is 168 Å². The molecule has 4 aliphatic rings. The van der Waals surface area contributed by atoms with Gasteiger partial charge in [-0.05, 0) is 74.8 Å². The summed E-state index contributed by atoms with van der Waals surface area (Å²) < 4.78 is 34.1. The van der Waals surface area contributed by atoms with E-state index in [1.165, 1.54) is 31.4 Å². The van der Waals surface area contributed by atoms with Crippen LogP contribution in [0.1, 0.15) is 38.5 Å². The van der Waals surface area contributed by atoms with Crippen LogP contribution in [0.4, 0.5) is 0 Å². The summed E-state index contributed by atoms with van der Waals surface area (Å²) in [5.41, 5.74) is 1.38. The molecule has 28 heavy (non-hydrogen) atoms. The van der Waals surface area contributed by atoms with Gasteiger partial charge in [-0.3, -0.25) is 4.90 Å². The average molecular weight is 403 g/mol. The molecule has 1 aromatic carbocycles. The number of piperidine rings is 3. The van der Waals surface area contributed by atoms with E-state index in [-0.39, 0.29) is 6.04 Å². The first-order valence-electron chi connectivity index (χ1n) is 10.7.